The van der Waals surface area contributed by atoms with Gasteiger partial charge in [-0.1, -0.05) is 40.3 Å². The molecule has 0 aliphatic rings. The van der Waals surface area contributed by atoms with E-state index in [1.807, 2.05) is 19.9 Å². The van der Waals surface area contributed by atoms with Crippen molar-refractivity contribution in [2.24, 2.45) is 17.1 Å². The van der Waals surface area contributed by atoms with Crippen LogP contribution in [0.2, 0.25) is 0 Å². The van der Waals surface area contributed by atoms with Crippen molar-refractivity contribution in [3.63, 3.8) is 0 Å². The maximum atomic E-state index is 11.2. The van der Waals surface area contributed by atoms with Crippen LogP contribution in [0.4, 0.5) is 0 Å². The number of nitro groups is 1. The molecule has 136 valence electrons. The zero-order chi connectivity index (χ0) is 19.1. The van der Waals surface area contributed by atoms with E-state index in [0.717, 1.165) is 5.57 Å². The number of hydrogen-bond acceptors (Lipinski definition) is 4. The molecule has 0 aliphatic heterocycles. The third kappa shape index (κ3) is 6.71. The van der Waals surface area contributed by atoms with Gasteiger partial charge in [0.25, 0.3) is 0 Å². The van der Waals surface area contributed by atoms with Crippen LogP contribution in [0.15, 0.2) is 48.4 Å². The molecule has 0 spiro atoms. The van der Waals surface area contributed by atoms with Gasteiger partial charge in [-0.2, -0.15) is 0 Å². The Bertz CT molecular complexity index is 543. The summed E-state index contributed by atoms with van der Waals surface area (Å²) >= 11 is 0. The molecule has 0 heterocycles. The summed E-state index contributed by atoms with van der Waals surface area (Å²) in [4.78, 5) is 10.8. The van der Waals surface area contributed by atoms with Gasteiger partial charge < -0.3 is 11.1 Å². The van der Waals surface area contributed by atoms with E-state index in [1.165, 1.54) is 0 Å². The van der Waals surface area contributed by atoms with E-state index >= 15 is 0 Å². The summed E-state index contributed by atoms with van der Waals surface area (Å²) in [5, 5.41) is 14.7. The van der Waals surface area contributed by atoms with Gasteiger partial charge in [0.2, 0.25) is 5.70 Å². The first-order valence-corrected chi connectivity index (χ1v) is 8.26. The quantitative estimate of drug-likeness (QED) is 0.272. The zero-order valence-electron chi connectivity index (χ0n) is 16.0. The monoisotopic (exact) mass is 335 g/mol. The second-order valence-electron chi connectivity index (χ2n) is 7.40. The highest BCUT2D eigenvalue weighted by Gasteiger charge is 2.29. The molecule has 5 nitrogen and oxygen atoms in total. The van der Waals surface area contributed by atoms with Gasteiger partial charge in [-0.25, -0.2) is 0 Å². The van der Waals surface area contributed by atoms with Crippen LogP contribution in [0.1, 0.15) is 48.0 Å². The summed E-state index contributed by atoms with van der Waals surface area (Å²) in [6.45, 7) is 20.4. The van der Waals surface area contributed by atoms with Crippen LogP contribution in [-0.2, 0) is 0 Å². The smallest absolute Gasteiger partial charge is 0.246 e. The van der Waals surface area contributed by atoms with Crippen LogP contribution in [0, 0.1) is 21.4 Å². The number of hydrogen-bond donors (Lipinski definition) is 2. The van der Waals surface area contributed by atoms with Crippen molar-refractivity contribution in [3.8, 4) is 0 Å². The highest BCUT2D eigenvalue weighted by atomic mass is 16.6. The van der Waals surface area contributed by atoms with Gasteiger partial charge in [-0.05, 0) is 31.4 Å². The van der Waals surface area contributed by atoms with Gasteiger partial charge in [0.1, 0.15) is 0 Å². The van der Waals surface area contributed by atoms with Crippen molar-refractivity contribution in [3.05, 3.63) is 58.5 Å². The summed E-state index contributed by atoms with van der Waals surface area (Å²) in [5.74, 6) is 0.283. The second kappa shape index (κ2) is 8.83. The van der Waals surface area contributed by atoms with Gasteiger partial charge in [-0.15, -0.1) is 6.58 Å². The van der Waals surface area contributed by atoms with Crippen molar-refractivity contribution in [1.82, 2.24) is 5.32 Å². The lowest BCUT2D eigenvalue weighted by atomic mass is 9.80. The Morgan fingerprint density at radius 1 is 1.33 bits per heavy atom. The Labute approximate surface area is 146 Å². The molecule has 5 heteroatoms. The Balaban J connectivity index is 5.59. The minimum Gasteiger partial charge on any atom is -0.399 e. The zero-order valence-corrected chi connectivity index (χ0v) is 16.0. The van der Waals surface area contributed by atoms with Crippen LogP contribution in [0.3, 0.4) is 0 Å². The van der Waals surface area contributed by atoms with Gasteiger partial charge in [-0.3, -0.25) is 10.1 Å². The summed E-state index contributed by atoms with van der Waals surface area (Å²) < 4.78 is 0. The fourth-order valence-electron chi connectivity index (χ4n) is 2.10. The molecular weight excluding hydrogens is 302 g/mol. The summed E-state index contributed by atoms with van der Waals surface area (Å²) in [6, 6.07) is 0. The van der Waals surface area contributed by atoms with E-state index in [2.05, 4.69) is 39.2 Å². The first-order valence-electron chi connectivity index (χ1n) is 8.26. The molecule has 0 amide bonds. The molecule has 0 aromatic heterocycles. The Kier molecular flexibility index (Phi) is 8.14. The molecular formula is C19H33N3O2. The predicted octanol–water partition coefficient (Wildman–Crippen LogP) is 4.17. The molecule has 0 saturated carbocycles. The van der Waals surface area contributed by atoms with Crippen molar-refractivity contribution >= 4 is 0 Å². The second-order valence-corrected chi connectivity index (χ2v) is 7.40. The molecule has 0 aliphatic carbocycles. The van der Waals surface area contributed by atoms with Gasteiger partial charge in [0.05, 0.1) is 4.92 Å². The maximum Gasteiger partial charge on any atom is 0.246 e. The van der Waals surface area contributed by atoms with Gasteiger partial charge >= 0.3 is 0 Å². The standard InChI is InChI=1S/C19H33N3O2/c1-9-14(3)19(7,8)21-13-18(5,6)16(11-15(4)20)12-17(10-2)22(23)24/h9,11-12,14,21H,1,4,10,13,20H2,2-3,5-8H3/b16-11+,17-12+. The lowest BCUT2D eigenvalue weighted by molar-refractivity contribution is -0.427. The topological polar surface area (TPSA) is 81.2 Å². The molecule has 0 fully saturated rings. The third-order valence-electron chi connectivity index (χ3n) is 4.52. The molecule has 0 aromatic rings. The average molecular weight is 335 g/mol. The minimum atomic E-state index is -0.350. The SMILES string of the molecule is C=CC(C)C(C)(C)NCC(C)(C)C(/C=C(\CC)[N+](=O)[O-])=C/C(=C)N. The third-order valence-corrected chi connectivity index (χ3v) is 4.52. The van der Waals surface area contributed by atoms with Crippen molar-refractivity contribution in [2.45, 2.75) is 53.5 Å². The van der Waals surface area contributed by atoms with E-state index in [-0.39, 0.29) is 27.5 Å². The van der Waals surface area contributed by atoms with Gasteiger partial charge in [0.15, 0.2) is 0 Å². The van der Waals surface area contributed by atoms with Crippen molar-refractivity contribution in [1.29, 1.82) is 0 Å². The molecule has 0 bridgehead atoms. The van der Waals surface area contributed by atoms with Crippen LogP contribution in [-0.4, -0.2) is 17.0 Å². The van der Waals surface area contributed by atoms with E-state index in [9.17, 15) is 10.1 Å². The molecule has 1 unspecified atom stereocenters. The molecule has 3 N–H and O–H groups in total. The normalized spacial score (nSPS) is 15.1. The van der Waals surface area contributed by atoms with Crippen molar-refractivity contribution in [2.75, 3.05) is 6.54 Å². The fourth-order valence-corrected chi connectivity index (χ4v) is 2.10. The summed E-state index contributed by atoms with van der Waals surface area (Å²) in [6.07, 6.45) is 5.60. The number of nitrogens with one attached hydrogen (secondary N) is 1. The number of nitrogens with zero attached hydrogens (tertiary/aromatic N) is 1. The van der Waals surface area contributed by atoms with E-state index < -0.39 is 0 Å². The molecule has 24 heavy (non-hydrogen) atoms. The highest BCUT2D eigenvalue weighted by Crippen LogP contribution is 2.30. The van der Waals surface area contributed by atoms with Crippen LogP contribution in [0.25, 0.3) is 0 Å². The highest BCUT2D eigenvalue weighted by molar-refractivity contribution is 5.33. The number of rotatable bonds is 10. The lowest BCUT2D eigenvalue weighted by Crippen LogP contribution is -2.48. The molecule has 1 atom stereocenters. The Morgan fingerprint density at radius 3 is 2.25 bits per heavy atom. The largest absolute Gasteiger partial charge is 0.399 e. The van der Waals surface area contributed by atoms with E-state index in [1.54, 1.807) is 19.1 Å². The number of allylic oxidation sites excluding steroid dienone is 3. The van der Waals surface area contributed by atoms with Crippen LogP contribution < -0.4 is 11.1 Å². The number of nitrogens with two attached hydrogens (primary N) is 1. The van der Waals surface area contributed by atoms with Gasteiger partial charge in [0, 0.05) is 35.7 Å². The molecule has 0 aromatic carbocycles. The Hall–Kier alpha value is -1.88. The van der Waals surface area contributed by atoms with E-state index in [0.29, 0.717) is 18.7 Å². The first kappa shape index (κ1) is 22.1. The fraction of sp³-hybridized carbons (Fsp3) is 0.579. The predicted molar refractivity (Wildman–Crippen MR) is 102 cm³/mol. The van der Waals surface area contributed by atoms with Crippen LogP contribution >= 0.6 is 0 Å². The van der Waals surface area contributed by atoms with E-state index in [4.69, 9.17) is 5.73 Å². The first-order chi connectivity index (χ1) is 10.9. The minimum absolute atomic E-state index is 0.135. The summed E-state index contributed by atoms with van der Waals surface area (Å²) in [7, 11) is 0. The molecule has 0 saturated heterocycles. The van der Waals surface area contributed by atoms with Crippen LogP contribution in [0.5, 0.6) is 0 Å². The molecule has 0 radical (unpaired) electrons. The average Bonchev–Trinajstić information content (AvgIpc) is 2.47. The lowest BCUT2D eigenvalue weighted by Gasteiger charge is -2.36. The Morgan fingerprint density at radius 2 is 1.88 bits per heavy atom. The van der Waals surface area contributed by atoms with Crippen molar-refractivity contribution < 1.29 is 4.92 Å². The maximum absolute atomic E-state index is 11.2. The summed E-state index contributed by atoms with van der Waals surface area (Å²) in [5.41, 5.74) is 6.58. The molecule has 0 rings (SSSR count).